The molecule has 5 rings (SSSR count). The Morgan fingerprint density at radius 2 is 1.69 bits per heavy atom. The van der Waals surface area contributed by atoms with E-state index in [2.05, 4.69) is 25.4 Å². The number of nitrogens with two attached hydrogens (primary N) is 1. The van der Waals surface area contributed by atoms with Gasteiger partial charge in [0.05, 0.1) is 17.8 Å². The van der Waals surface area contributed by atoms with E-state index >= 15 is 0 Å². The molecule has 0 aliphatic heterocycles. The van der Waals surface area contributed by atoms with Crippen molar-refractivity contribution < 1.29 is 4.63 Å². The van der Waals surface area contributed by atoms with Crippen molar-refractivity contribution >= 4 is 11.6 Å². The van der Waals surface area contributed by atoms with Crippen LogP contribution in [0.1, 0.15) is 22.8 Å². The fourth-order valence-electron chi connectivity index (χ4n) is 3.79. The highest BCUT2D eigenvalue weighted by molar-refractivity contribution is 5.90. The van der Waals surface area contributed by atoms with Crippen molar-refractivity contribution in [1.82, 2.24) is 34.5 Å². The van der Waals surface area contributed by atoms with Crippen molar-refractivity contribution in [3.8, 4) is 22.4 Å². The first-order valence-corrected chi connectivity index (χ1v) is 10.0. The van der Waals surface area contributed by atoms with Crippen molar-refractivity contribution in [2.24, 2.45) is 0 Å². The zero-order valence-corrected chi connectivity index (χ0v) is 17.8. The summed E-state index contributed by atoms with van der Waals surface area (Å²) in [7, 11) is 0. The van der Waals surface area contributed by atoms with Gasteiger partial charge in [-0.1, -0.05) is 40.6 Å². The van der Waals surface area contributed by atoms with E-state index < -0.39 is 5.69 Å². The Kier molecular flexibility index (Phi) is 4.54. The number of benzene rings is 1. The van der Waals surface area contributed by atoms with Crippen LogP contribution in [0.2, 0.25) is 0 Å². The molecule has 0 radical (unpaired) electrons. The van der Waals surface area contributed by atoms with Gasteiger partial charge >= 0.3 is 5.69 Å². The Hall–Kier alpha value is -4.34. The minimum Gasteiger partial charge on any atom is -0.369 e. The zero-order chi connectivity index (χ0) is 22.4. The summed E-state index contributed by atoms with van der Waals surface area (Å²) >= 11 is 0. The SMILES string of the molecule is Cc1cc(-c2c(-c3ccccc3)nc(N)n3c(=O)n(Cc4nonc4C)nc23)cc(C)n1. The number of nitrogen functional groups attached to an aromatic ring is 1. The smallest absolute Gasteiger partial charge is 0.353 e. The molecule has 0 spiro atoms. The van der Waals surface area contributed by atoms with Crippen LogP contribution in [0.5, 0.6) is 0 Å². The first-order valence-electron chi connectivity index (χ1n) is 10.0. The molecule has 4 aromatic heterocycles. The highest BCUT2D eigenvalue weighted by atomic mass is 16.6. The van der Waals surface area contributed by atoms with Gasteiger partial charge in [0.1, 0.15) is 11.4 Å². The summed E-state index contributed by atoms with van der Waals surface area (Å²) in [6.45, 7) is 5.70. The van der Waals surface area contributed by atoms with E-state index in [1.165, 1.54) is 9.08 Å². The van der Waals surface area contributed by atoms with E-state index in [-0.39, 0.29) is 12.5 Å². The van der Waals surface area contributed by atoms with Crippen LogP contribution in [0.25, 0.3) is 28.0 Å². The summed E-state index contributed by atoms with van der Waals surface area (Å²) in [5, 5.41) is 12.3. The summed E-state index contributed by atoms with van der Waals surface area (Å²) in [5.74, 6) is 0.0522. The topological polar surface area (TPSA) is 130 Å². The largest absolute Gasteiger partial charge is 0.369 e. The molecule has 2 N–H and O–H groups in total. The lowest BCUT2D eigenvalue weighted by molar-refractivity contribution is 0.300. The second kappa shape index (κ2) is 7.41. The molecule has 10 heteroatoms. The maximum absolute atomic E-state index is 13.2. The van der Waals surface area contributed by atoms with Crippen molar-refractivity contribution in [3.05, 3.63) is 75.7 Å². The number of nitrogens with zero attached hydrogens (tertiary/aromatic N) is 7. The highest BCUT2D eigenvalue weighted by Crippen LogP contribution is 2.34. The third-order valence-electron chi connectivity index (χ3n) is 5.22. The minimum absolute atomic E-state index is 0.0522. The number of hydrogen-bond donors (Lipinski definition) is 1. The van der Waals surface area contributed by atoms with Crippen molar-refractivity contribution in [2.45, 2.75) is 27.3 Å². The second-order valence-electron chi connectivity index (χ2n) is 7.59. The third-order valence-corrected chi connectivity index (χ3v) is 5.22. The zero-order valence-electron chi connectivity index (χ0n) is 17.8. The molecule has 160 valence electrons. The van der Waals surface area contributed by atoms with Crippen molar-refractivity contribution in [3.63, 3.8) is 0 Å². The normalized spacial score (nSPS) is 11.3. The Morgan fingerprint density at radius 1 is 0.969 bits per heavy atom. The highest BCUT2D eigenvalue weighted by Gasteiger charge is 2.22. The van der Waals surface area contributed by atoms with Crippen LogP contribution in [0.15, 0.2) is 51.9 Å². The molecule has 0 atom stereocenters. The fraction of sp³-hybridized carbons (Fsp3) is 0.182. The molecular formula is C22H20N8O2. The Balaban J connectivity index is 1.84. The quantitative estimate of drug-likeness (QED) is 0.462. The molecule has 4 heterocycles. The first-order chi connectivity index (χ1) is 15.4. The van der Waals surface area contributed by atoms with E-state index in [0.717, 1.165) is 22.5 Å². The Morgan fingerprint density at radius 3 is 2.34 bits per heavy atom. The molecule has 32 heavy (non-hydrogen) atoms. The summed E-state index contributed by atoms with van der Waals surface area (Å²) in [6, 6.07) is 13.6. The van der Waals surface area contributed by atoms with Crippen LogP contribution in [-0.2, 0) is 6.54 Å². The Bertz CT molecular complexity index is 1490. The molecule has 0 saturated carbocycles. The van der Waals surface area contributed by atoms with Gasteiger partial charge in [0.25, 0.3) is 0 Å². The molecule has 10 nitrogen and oxygen atoms in total. The maximum Gasteiger partial charge on any atom is 0.353 e. The van der Waals surface area contributed by atoms with Gasteiger partial charge in [0, 0.05) is 17.0 Å². The van der Waals surface area contributed by atoms with E-state index in [1.807, 2.05) is 56.3 Å². The van der Waals surface area contributed by atoms with Crippen LogP contribution in [-0.4, -0.2) is 34.5 Å². The molecule has 0 aliphatic rings. The number of hydrogen-bond acceptors (Lipinski definition) is 8. The van der Waals surface area contributed by atoms with Crippen LogP contribution < -0.4 is 11.4 Å². The maximum atomic E-state index is 13.2. The van der Waals surface area contributed by atoms with Crippen LogP contribution in [0, 0.1) is 20.8 Å². The van der Waals surface area contributed by atoms with E-state index in [1.54, 1.807) is 6.92 Å². The number of aryl methyl sites for hydroxylation is 3. The lowest BCUT2D eigenvalue weighted by Gasteiger charge is -2.13. The summed E-state index contributed by atoms with van der Waals surface area (Å²) in [4.78, 5) is 22.3. The van der Waals surface area contributed by atoms with Crippen LogP contribution in [0.3, 0.4) is 0 Å². The molecule has 0 saturated heterocycles. The molecule has 0 fully saturated rings. The first kappa shape index (κ1) is 19.6. The third kappa shape index (κ3) is 3.22. The monoisotopic (exact) mass is 428 g/mol. The molecule has 1 aromatic carbocycles. The van der Waals surface area contributed by atoms with Gasteiger partial charge in [0.2, 0.25) is 5.95 Å². The van der Waals surface area contributed by atoms with Gasteiger partial charge in [-0.15, -0.1) is 5.10 Å². The average Bonchev–Trinajstić information content (AvgIpc) is 3.31. The van der Waals surface area contributed by atoms with Crippen molar-refractivity contribution in [2.75, 3.05) is 5.73 Å². The minimum atomic E-state index is -0.421. The van der Waals surface area contributed by atoms with E-state index in [9.17, 15) is 4.79 Å². The number of fused-ring (bicyclic) bond motifs is 1. The molecule has 0 bridgehead atoms. The van der Waals surface area contributed by atoms with E-state index in [0.29, 0.717) is 28.3 Å². The van der Waals surface area contributed by atoms with Gasteiger partial charge in [0.15, 0.2) is 5.65 Å². The molecule has 0 aliphatic carbocycles. The summed E-state index contributed by atoms with van der Waals surface area (Å²) < 4.78 is 7.36. The molecule has 5 aromatic rings. The average molecular weight is 428 g/mol. The standard InChI is InChI=1S/C22H20N8O2/c1-12-9-16(10-13(2)24-12)18-19(15-7-5-4-6-8-15)25-21(23)30-20(18)26-29(22(30)31)11-17-14(3)27-32-28-17/h4-10H,11H2,1-3H3,(H2,23,25). The van der Waals surface area contributed by atoms with Gasteiger partial charge < -0.3 is 5.73 Å². The van der Waals surface area contributed by atoms with Gasteiger partial charge in [-0.25, -0.2) is 23.5 Å². The van der Waals surface area contributed by atoms with Gasteiger partial charge in [-0.2, -0.15) is 0 Å². The molecule has 0 unspecified atom stereocenters. The second-order valence-corrected chi connectivity index (χ2v) is 7.59. The van der Waals surface area contributed by atoms with Crippen LogP contribution >= 0.6 is 0 Å². The molecule has 0 amide bonds. The summed E-state index contributed by atoms with van der Waals surface area (Å²) in [6.07, 6.45) is 0. The Labute approximate surface area is 182 Å². The van der Waals surface area contributed by atoms with Gasteiger partial charge in [-0.05, 0) is 38.5 Å². The van der Waals surface area contributed by atoms with E-state index in [4.69, 9.17) is 10.4 Å². The lowest BCUT2D eigenvalue weighted by atomic mass is 9.99. The number of pyridine rings is 1. The number of rotatable bonds is 4. The predicted molar refractivity (Wildman–Crippen MR) is 118 cm³/mol. The van der Waals surface area contributed by atoms with Gasteiger partial charge in [-0.3, -0.25) is 4.98 Å². The summed E-state index contributed by atoms with van der Waals surface area (Å²) in [5.41, 5.74) is 12.1. The fourth-order valence-corrected chi connectivity index (χ4v) is 3.79. The molecular weight excluding hydrogens is 408 g/mol. The number of aromatic nitrogens is 7. The van der Waals surface area contributed by atoms with Crippen LogP contribution in [0.4, 0.5) is 5.95 Å². The van der Waals surface area contributed by atoms with Crippen molar-refractivity contribution in [1.29, 1.82) is 0 Å². The number of anilines is 1. The lowest BCUT2D eigenvalue weighted by Crippen LogP contribution is -2.24. The predicted octanol–water partition coefficient (Wildman–Crippen LogP) is 2.56.